The number of carbonyl (C=O) groups is 3. The van der Waals surface area contributed by atoms with Gasteiger partial charge in [-0.05, 0) is 40.6 Å². The first kappa shape index (κ1) is 13.9. The van der Waals surface area contributed by atoms with Crippen LogP contribution in [0.25, 0.3) is 6.08 Å². The Kier molecular flexibility index (Phi) is 3.32. The first-order chi connectivity index (χ1) is 9.98. The van der Waals surface area contributed by atoms with Crippen molar-refractivity contribution in [3.8, 4) is 0 Å². The normalized spacial score (nSPS) is 24.9. The number of nitrogens with zero attached hydrogens (tertiary/aromatic N) is 1. The molecular weight excluding hydrogens is 342 g/mol. The van der Waals surface area contributed by atoms with E-state index >= 15 is 0 Å². The summed E-state index contributed by atoms with van der Waals surface area (Å²) in [4.78, 5) is 36.6. The molecular formula is C13H12BrN3O4. The average Bonchev–Trinajstić information content (AvgIpc) is 3.09. The summed E-state index contributed by atoms with van der Waals surface area (Å²) >= 11 is 3.18. The standard InChI is InChI=1S/C13H12BrN3O4/c14-9-3-1-8(21-9)2-4-10(18)17-6-5-13(7-17)11(19)15-12(20)16-13/h1-4H,5-7H2,(H2,15,16,19,20)/b4-2+. The third kappa shape index (κ3) is 2.58. The molecule has 3 rings (SSSR count). The van der Waals surface area contributed by atoms with Gasteiger partial charge in [0.1, 0.15) is 11.3 Å². The van der Waals surface area contributed by atoms with Crippen molar-refractivity contribution < 1.29 is 18.8 Å². The van der Waals surface area contributed by atoms with Gasteiger partial charge in [-0.15, -0.1) is 0 Å². The van der Waals surface area contributed by atoms with Crippen molar-refractivity contribution >= 4 is 39.9 Å². The zero-order valence-corrected chi connectivity index (χ0v) is 12.5. The number of carbonyl (C=O) groups excluding carboxylic acids is 3. The largest absolute Gasteiger partial charge is 0.450 e. The molecule has 110 valence electrons. The molecule has 1 aromatic heterocycles. The van der Waals surface area contributed by atoms with Crippen molar-refractivity contribution in [2.75, 3.05) is 13.1 Å². The zero-order valence-electron chi connectivity index (χ0n) is 10.9. The summed E-state index contributed by atoms with van der Waals surface area (Å²) in [6.07, 6.45) is 3.36. The lowest BCUT2D eigenvalue weighted by molar-refractivity contribution is -0.126. The van der Waals surface area contributed by atoms with Crippen molar-refractivity contribution in [1.29, 1.82) is 0 Å². The highest BCUT2D eigenvalue weighted by Gasteiger charge is 2.51. The van der Waals surface area contributed by atoms with Crippen LogP contribution in [0.5, 0.6) is 0 Å². The van der Waals surface area contributed by atoms with Crippen molar-refractivity contribution in [2.45, 2.75) is 12.0 Å². The lowest BCUT2D eigenvalue weighted by Gasteiger charge is -2.20. The van der Waals surface area contributed by atoms with Gasteiger partial charge in [0, 0.05) is 12.6 Å². The van der Waals surface area contributed by atoms with E-state index in [1.807, 2.05) is 0 Å². The smallest absolute Gasteiger partial charge is 0.322 e. The number of hydrogen-bond donors (Lipinski definition) is 2. The van der Waals surface area contributed by atoms with E-state index < -0.39 is 11.6 Å². The summed E-state index contributed by atoms with van der Waals surface area (Å²) in [5, 5.41) is 4.80. The Hall–Kier alpha value is -2.09. The van der Waals surface area contributed by atoms with E-state index in [9.17, 15) is 14.4 Å². The van der Waals surface area contributed by atoms with Crippen LogP contribution in [0.1, 0.15) is 12.2 Å². The minimum Gasteiger partial charge on any atom is -0.450 e. The Morgan fingerprint density at radius 1 is 1.43 bits per heavy atom. The summed E-state index contributed by atoms with van der Waals surface area (Å²) in [5.74, 6) is -0.0499. The van der Waals surface area contributed by atoms with Gasteiger partial charge in [-0.25, -0.2) is 4.79 Å². The number of urea groups is 1. The minimum atomic E-state index is -0.978. The number of amides is 4. The Morgan fingerprint density at radius 2 is 2.24 bits per heavy atom. The van der Waals surface area contributed by atoms with E-state index in [1.54, 1.807) is 18.2 Å². The molecule has 0 radical (unpaired) electrons. The number of likely N-dealkylation sites (tertiary alicyclic amines) is 1. The fourth-order valence-electron chi connectivity index (χ4n) is 2.49. The van der Waals surface area contributed by atoms with Crippen LogP contribution >= 0.6 is 15.9 Å². The maximum absolute atomic E-state index is 12.1. The predicted molar refractivity (Wildman–Crippen MR) is 76.0 cm³/mol. The lowest BCUT2D eigenvalue weighted by Crippen LogP contribution is -2.49. The van der Waals surface area contributed by atoms with Gasteiger partial charge in [-0.2, -0.15) is 0 Å². The molecule has 1 spiro atoms. The summed E-state index contributed by atoms with van der Waals surface area (Å²) < 4.78 is 5.84. The third-order valence-electron chi connectivity index (χ3n) is 3.58. The molecule has 21 heavy (non-hydrogen) atoms. The molecule has 2 fully saturated rings. The van der Waals surface area contributed by atoms with Gasteiger partial charge < -0.3 is 14.6 Å². The van der Waals surface area contributed by atoms with Gasteiger partial charge in [0.15, 0.2) is 4.67 Å². The molecule has 0 saturated carbocycles. The number of halogens is 1. The van der Waals surface area contributed by atoms with Crippen LogP contribution in [0.2, 0.25) is 0 Å². The van der Waals surface area contributed by atoms with Crippen LogP contribution in [0.4, 0.5) is 4.79 Å². The van der Waals surface area contributed by atoms with Gasteiger partial charge >= 0.3 is 6.03 Å². The van der Waals surface area contributed by atoms with Crippen LogP contribution in [0.15, 0.2) is 27.3 Å². The van der Waals surface area contributed by atoms with Crippen LogP contribution < -0.4 is 10.6 Å². The Bertz CT molecular complexity index is 654. The van der Waals surface area contributed by atoms with E-state index in [4.69, 9.17) is 4.42 Å². The molecule has 2 N–H and O–H groups in total. The van der Waals surface area contributed by atoms with Gasteiger partial charge in [0.2, 0.25) is 5.91 Å². The number of rotatable bonds is 2. The first-order valence-corrected chi connectivity index (χ1v) is 7.14. The summed E-state index contributed by atoms with van der Waals surface area (Å²) in [5.41, 5.74) is -0.978. The van der Waals surface area contributed by atoms with Crippen LogP contribution in [-0.4, -0.2) is 41.4 Å². The topological polar surface area (TPSA) is 91.7 Å². The second-order valence-electron chi connectivity index (χ2n) is 4.98. The molecule has 1 aromatic rings. The molecule has 2 aliphatic rings. The summed E-state index contributed by atoms with van der Waals surface area (Å²) in [7, 11) is 0. The fraction of sp³-hybridized carbons (Fsp3) is 0.308. The summed E-state index contributed by atoms with van der Waals surface area (Å²) in [6.45, 7) is 0.592. The van der Waals surface area contributed by atoms with Gasteiger partial charge in [0.05, 0.1) is 6.54 Å². The maximum Gasteiger partial charge on any atom is 0.322 e. The fourth-order valence-corrected chi connectivity index (χ4v) is 2.81. The third-order valence-corrected chi connectivity index (χ3v) is 4.01. The number of imide groups is 1. The Morgan fingerprint density at radius 3 is 2.86 bits per heavy atom. The average molecular weight is 354 g/mol. The molecule has 8 heteroatoms. The lowest BCUT2D eigenvalue weighted by atomic mass is 10.00. The minimum absolute atomic E-state index is 0.176. The Labute approximate surface area is 128 Å². The summed E-state index contributed by atoms with van der Waals surface area (Å²) in [6, 6.07) is 2.95. The quantitative estimate of drug-likeness (QED) is 0.609. The highest BCUT2D eigenvalue weighted by molar-refractivity contribution is 9.10. The molecule has 0 aromatic carbocycles. The number of furan rings is 1. The zero-order chi connectivity index (χ0) is 15.0. The van der Waals surface area contributed by atoms with E-state index in [0.29, 0.717) is 23.4 Å². The van der Waals surface area contributed by atoms with Gasteiger partial charge in [0.25, 0.3) is 5.91 Å². The Balaban J connectivity index is 1.66. The second kappa shape index (κ2) is 5.03. The van der Waals surface area contributed by atoms with E-state index in [-0.39, 0.29) is 18.4 Å². The van der Waals surface area contributed by atoms with E-state index in [2.05, 4.69) is 26.6 Å². The van der Waals surface area contributed by atoms with Crippen molar-refractivity contribution in [2.24, 2.45) is 0 Å². The SMILES string of the molecule is O=C1NC(=O)C2(CCN(C(=O)/C=C/c3ccc(Br)o3)C2)N1. The van der Waals surface area contributed by atoms with Crippen LogP contribution in [0, 0.1) is 0 Å². The molecule has 4 amide bonds. The molecule has 2 aliphatic heterocycles. The highest BCUT2D eigenvalue weighted by Crippen LogP contribution is 2.25. The van der Waals surface area contributed by atoms with Gasteiger partial charge in [-0.1, -0.05) is 0 Å². The van der Waals surface area contributed by atoms with E-state index in [1.165, 1.54) is 11.0 Å². The first-order valence-electron chi connectivity index (χ1n) is 6.34. The second-order valence-corrected chi connectivity index (χ2v) is 5.76. The van der Waals surface area contributed by atoms with Crippen LogP contribution in [0.3, 0.4) is 0 Å². The molecule has 0 bridgehead atoms. The highest BCUT2D eigenvalue weighted by atomic mass is 79.9. The number of hydrogen-bond acceptors (Lipinski definition) is 4. The maximum atomic E-state index is 12.1. The van der Waals surface area contributed by atoms with Crippen molar-refractivity contribution in [3.63, 3.8) is 0 Å². The molecule has 1 atom stereocenters. The predicted octanol–water partition coefficient (Wildman–Crippen LogP) is 0.866. The molecule has 2 saturated heterocycles. The van der Waals surface area contributed by atoms with Gasteiger partial charge in [-0.3, -0.25) is 14.9 Å². The van der Waals surface area contributed by atoms with Crippen molar-refractivity contribution in [1.82, 2.24) is 15.5 Å². The van der Waals surface area contributed by atoms with Crippen molar-refractivity contribution in [3.05, 3.63) is 28.6 Å². The molecule has 3 heterocycles. The number of nitrogens with one attached hydrogen (secondary N) is 2. The molecule has 7 nitrogen and oxygen atoms in total. The van der Waals surface area contributed by atoms with Crippen LogP contribution in [-0.2, 0) is 9.59 Å². The molecule has 0 aliphatic carbocycles. The molecule has 1 unspecified atom stereocenters. The van der Waals surface area contributed by atoms with E-state index in [0.717, 1.165) is 0 Å². The monoisotopic (exact) mass is 353 g/mol.